The van der Waals surface area contributed by atoms with E-state index in [1.165, 1.54) is 24.3 Å². The van der Waals surface area contributed by atoms with Gasteiger partial charge in [-0.15, -0.1) is 0 Å². The first-order chi connectivity index (χ1) is 13.3. The van der Waals surface area contributed by atoms with Crippen LogP contribution in [0.5, 0.6) is 5.75 Å². The van der Waals surface area contributed by atoms with Gasteiger partial charge in [-0.05, 0) is 49.1 Å². The number of anilines is 2. The highest BCUT2D eigenvalue weighted by Crippen LogP contribution is 2.34. The number of phenolic OH excluding ortho intramolecular Hbond substituents is 1. The SMILES string of the molecule is Nc1c(O)cccc1C(=O)NCc1ccc(C(F)(F)F)cc1N1CCCCC1. The third-order valence-electron chi connectivity index (χ3n) is 4.88. The number of rotatable bonds is 4. The lowest BCUT2D eigenvalue weighted by atomic mass is 10.0. The zero-order chi connectivity index (χ0) is 20.3. The van der Waals surface area contributed by atoms with Crippen molar-refractivity contribution in [1.82, 2.24) is 5.32 Å². The predicted molar refractivity (Wildman–Crippen MR) is 101 cm³/mol. The van der Waals surface area contributed by atoms with Gasteiger partial charge in [0, 0.05) is 25.3 Å². The molecule has 2 aromatic rings. The average molecular weight is 393 g/mol. The maximum absolute atomic E-state index is 13.2. The maximum Gasteiger partial charge on any atom is 0.416 e. The van der Waals surface area contributed by atoms with Gasteiger partial charge in [0.05, 0.1) is 16.8 Å². The van der Waals surface area contributed by atoms with Crippen molar-refractivity contribution >= 4 is 17.3 Å². The number of nitrogens with two attached hydrogens (primary N) is 1. The highest BCUT2D eigenvalue weighted by atomic mass is 19.4. The molecule has 8 heteroatoms. The molecule has 0 aliphatic carbocycles. The summed E-state index contributed by atoms with van der Waals surface area (Å²) in [5, 5.41) is 12.3. The Morgan fingerprint density at radius 1 is 1.14 bits per heavy atom. The Labute approximate surface area is 161 Å². The van der Waals surface area contributed by atoms with E-state index in [0.29, 0.717) is 24.3 Å². The molecule has 2 aromatic carbocycles. The summed E-state index contributed by atoms with van der Waals surface area (Å²) >= 11 is 0. The molecule has 0 radical (unpaired) electrons. The monoisotopic (exact) mass is 393 g/mol. The summed E-state index contributed by atoms with van der Waals surface area (Å²) in [5.41, 5.74) is 6.18. The summed E-state index contributed by atoms with van der Waals surface area (Å²) < 4.78 is 39.5. The number of benzene rings is 2. The number of nitrogens with zero attached hydrogens (tertiary/aromatic N) is 1. The fraction of sp³-hybridized carbons (Fsp3) is 0.350. The number of para-hydroxylation sites is 1. The van der Waals surface area contributed by atoms with E-state index in [1.807, 2.05) is 4.90 Å². The van der Waals surface area contributed by atoms with Crippen LogP contribution in [0.15, 0.2) is 36.4 Å². The van der Waals surface area contributed by atoms with Gasteiger partial charge in [0.25, 0.3) is 5.91 Å². The molecule has 1 saturated heterocycles. The molecule has 1 amide bonds. The minimum Gasteiger partial charge on any atom is -0.506 e. The number of hydrogen-bond donors (Lipinski definition) is 3. The molecule has 0 spiro atoms. The van der Waals surface area contributed by atoms with Crippen LogP contribution < -0.4 is 16.0 Å². The lowest BCUT2D eigenvalue weighted by Gasteiger charge is -2.31. The highest BCUT2D eigenvalue weighted by molar-refractivity contribution is 6.00. The van der Waals surface area contributed by atoms with Crippen LogP contribution in [0.3, 0.4) is 0 Å². The van der Waals surface area contributed by atoms with Crippen LogP contribution in [0.2, 0.25) is 0 Å². The van der Waals surface area contributed by atoms with Crippen molar-refractivity contribution in [1.29, 1.82) is 0 Å². The quantitative estimate of drug-likeness (QED) is 0.544. The van der Waals surface area contributed by atoms with Crippen molar-refractivity contribution in [2.45, 2.75) is 32.0 Å². The first-order valence-corrected chi connectivity index (χ1v) is 9.08. The summed E-state index contributed by atoms with van der Waals surface area (Å²) in [6, 6.07) is 7.92. The molecule has 3 rings (SSSR count). The summed E-state index contributed by atoms with van der Waals surface area (Å²) in [6.07, 6.45) is -1.54. The number of carbonyl (C=O) groups excluding carboxylic acids is 1. The molecule has 1 fully saturated rings. The second-order valence-electron chi connectivity index (χ2n) is 6.81. The van der Waals surface area contributed by atoms with E-state index in [2.05, 4.69) is 5.32 Å². The Bertz CT molecular complexity index is 862. The second kappa shape index (κ2) is 8.00. The number of aromatic hydroxyl groups is 1. The Kier molecular flexibility index (Phi) is 5.67. The molecule has 0 unspecified atom stereocenters. The average Bonchev–Trinajstić information content (AvgIpc) is 2.68. The van der Waals surface area contributed by atoms with E-state index in [9.17, 15) is 23.1 Å². The Balaban J connectivity index is 1.84. The normalized spacial score (nSPS) is 14.8. The molecule has 150 valence electrons. The highest BCUT2D eigenvalue weighted by Gasteiger charge is 2.31. The van der Waals surface area contributed by atoms with Gasteiger partial charge in [-0.3, -0.25) is 4.79 Å². The molecule has 0 aromatic heterocycles. The minimum atomic E-state index is -4.43. The van der Waals surface area contributed by atoms with E-state index < -0.39 is 17.6 Å². The summed E-state index contributed by atoms with van der Waals surface area (Å²) in [6.45, 7) is 1.42. The summed E-state index contributed by atoms with van der Waals surface area (Å²) in [4.78, 5) is 14.3. The number of alkyl halides is 3. The predicted octanol–water partition coefficient (Wildman–Crippen LogP) is 3.91. The van der Waals surface area contributed by atoms with Crippen LogP contribution in [0.4, 0.5) is 24.5 Å². The summed E-state index contributed by atoms with van der Waals surface area (Å²) in [7, 11) is 0. The van der Waals surface area contributed by atoms with Gasteiger partial charge < -0.3 is 21.1 Å². The van der Waals surface area contributed by atoms with Gasteiger partial charge in [-0.2, -0.15) is 13.2 Å². The third kappa shape index (κ3) is 4.32. The Morgan fingerprint density at radius 2 is 1.86 bits per heavy atom. The van der Waals surface area contributed by atoms with Crippen molar-refractivity contribution in [2.75, 3.05) is 23.7 Å². The smallest absolute Gasteiger partial charge is 0.416 e. The van der Waals surface area contributed by atoms with E-state index in [0.717, 1.165) is 31.4 Å². The molecular formula is C20H22F3N3O2. The maximum atomic E-state index is 13.2. The molecule has 0 saturated carbocycles. The van der Waals surface area contributed by atoms with Gasteiger partial charge in [0.2, 0.25) is 0 Å². The van der Waals surface area contributed by atoms with Crippen LogP contribution in [0.1, 0.15) is 40.7 Å². The molecule has 1 heterocycles. The first kappa shape index (κ1) is 19.9. The standard InChI is InChI=1S/C20H22F3N3O2/c21-20(22,23)14-8-7-13(16(11-14)26-9-2-1-3-10-26)12-25-19(28)15-5-4-6-17(27)18(15)24/h4-8,11,27H,1-3,9-10,12,24H2,(H,25,28). The van der Waals surface area contributed by atoms with Gasteiger partial charge in [-0.1, -0.05) is 12.1 Å². The number of nitrogen functional groups attached to an aromatic ring is 1. The number of phenols is 1. The van der Waals surface area contributed by atoms with E-state index in [-0.39, 0.29) is 23.5 Å². The minimum absolute atomic E-state index is 0.0383. The van der Waals surface area contributed by atoms with Gasteiger partial charge in [-0.25, -0.2) is 0 Å². The molecule has 4 N–H and O–H groups in total. The molecule has 5 nitrogen and oxygen atoms in total. The van der Waals surface area contributed by atoms with Crippen molar-refractivity contribution in [3.8, 4) is 5.75 Å². The van der Waals surface area contributed by atoms with Crippen molar-refractivity contribution < 1.29 is 23.1 Å². The van der Waals surface area contributed by atoms with Gasteiger partial charge >= 0.3 is 6.18 Å². The van der Waals surface area contributed by atoms with Crippen LogP contribution in [0, 0.1) is 0 Å². The first-order valence-electron chi connectivity index (χ1n) is 9.08. The van der Waals surface area contributed by atoms with Crippen LogP contribution in [0.25, 0.3) is 0 Å². The molecule has 0 atom stereocenters. The number of halogens is 3. The van der Waals surface area contributed by atoms with E-state index in [1.54, 1.807) is 0 Å². The van der Waals surface area contributed by atoms with Crippen molar-refractivity contribution in [2.24, 2.45) is 0 Å². The largest absolute Gasteiger partial charge is 0.506 e. The number of piperidine rings is 1. The van der Waals surface area contributed by atoms with Gasteiger partial charge in [0.1, 0.15) is 5.75 Å². The van der Waals surface area contributed by atoms with Crippen LogP contribution >= 0.6 is 0 Å². The third-order valence-corrected chi connectivity index (χ3v) is 4.88. The molecule has 0 bridgehead atoms. The lowest BCUT2D eigenvalue weighted by molar-refractivity contribution is -0.137. The zero-order valence-electron chi connectivity index (χ0n) is 15.2. The van der Waals surface area contributed by atoms with E-state index >= 15 is 0 Å². The fourth-order valence-electron chi connectivity index (χ4n) is 3.34. The van der Waals surface area contributed by atoms with Gasteiger partial charge in [0.15, 0.2) is 0 Å². The molecule has 1 aliphatic rings. The van der Waals surface area contributed by atoms with E-state index in [4.69, 9.17) is 5.73 Å². The molecule has 1 aliphatic heterocycles. The van der Waals surface area contributed by atoms with Crippen LogP contribution in [-0.4, -0.2) is 24.1 Å². The van der Waals surface area contributed by atoms with Crippen molar-refractivity contribution in [3.63, 3.8) is 0 Å². The number of hydrogen-bond acceptors (Lipinski definition) is 4. The summed E-state index contributed by atoms with van der Waals surface area (Å²) in [5.74, 6) is -0.700. The number of amides is 1. The molecule has 28 heavy (non-hydrogen) atoms. The topological polar surface area (TPSA) is 78.6 Å². The second-order valence-corrected chi connectivity index (χ2v) is 6.81. The van der Waals surface area contributed by atoms with Crippen molar-refractivity contribution in [3.05, 3.63) is 53.1 Å². The number of nitrogens with one attached hydrogen (secondary N) is 1. The number of carbonyl (C=O) groups is 1. The molecular weight excluding hydrogens is 371 g/mol. The lowest BCUT2D eigenvalue weighted by Crippen LogP contribution is -2.32. The Morgan fingerprint density at radius 3 is 2.54 bits per heavy atom. The fourth-order valence-corrected chi connectivity index (χ4v) is 3.34. The Hall–Kier alpha value is -2.90. The zero-order valence-corrected chi connectivity index (χ0v) is 15.2. The van der Waals surface area contributed by atoms with Crippen LogP contribution in [-0.2, 0) is 12.7 Å².